The molecule has 1 aliphatic carbocycles. The van der Waals surface area contributed by atoms with Crippen LogP contribution >= 0.6 is 11.6 Å². The van der Waals surface area contributed by atoms with Crippen molar-refractivity contribution in [3.63, 3.8) is 0 Å². The third-order valence-electron chi connectivity index (χ3n) is 4.27. The maximum atomic E-state index is 6.45. The summed E-state index contributed by atoms with van der Waals surface area (Å²) in [6.07, 6.45) is 6.95. The molecular formula is C17H27ClN2. The number of anilines is 1. The van der Waals surface area contributed by atoms with Crippen molar-refractivity contribution in [2.75, 3.05) is 25.0 Å². The van der Waals surface area contributed by atoms with E-state index in [1.807, 2.05) is 12.1 Å². The summed E-state index contributed by atoms with van der Waals surface area (Å²) < 4.78 is 0. The van der Waals surface area contributed by atoms with Crippen molar-refractivity contribution in [3.05, 3.63) is 28.8 Å². The predicted molar refractivity (Wildman–Crippen MR) is 88.7 cm³/mol. The Labute approximate surface area is 128 Å². The average Bonchev–Trinajstić information content (AvgIpc) is 2.46. The van der Waals surface area contributed by atoms with Crippen molar-refractivity contribution in [1.82, 2.24) is 5.32 Å². The van der Waals surface area contributed by atoms with Gasteiger partial charge in [-0.05, 0) is 36.9 Å². The van der Waals surface area contributed by atoms with Gasteiger partial charge in [-0.15, -0.1) is 0 Å². The number of rotatable bonds is 6. The second kappa shape index (κ2) is 7.90. The molecule has 0 heterocycles. The monoisotopic (exact) mass is 294 g/mol. The Morgan fingerprint density at radius 1 is 1.25 bits per heavy atom. The fourth-order valence-corrected chi connectivity index (χ4v) is 3.58. The first kappa shape index (κ1) is 15.7. The lowest BCUT2D eigenvalue weighted by Crippen LogP contribution is -2.28. The molecule has 0 unspecified atom stereocenters. The first-order valence-corrected chi connectivity index (χ1v) is 8.29. The van der Waals surface area contributed by atoms with Crippen LogP contribution in [-0.2, 0) is 6.54 Å². The van der Waals surface area contributed by atoms with Gasteiger partial charge in [-0.1, -0.05) is 49.9 Å². The highest BCUT2D eigenvalue weighted by molar-refractivity contribution is 6.33. The minimum atomic E-state index is 0.831. The number of nitrogens with zero attached hydrogens (tertiary/aromatic N) is 1. The van der Waals surface area contributed by atoms with Crippen molar-refractivity contribution in [3.8, 4) is 0 Å². The van der Waals surface area contributed by atoms with Crippen LogP contribution in [0.15, 0.2) is 18.2 Å². The van der Waals surface area contributed by atoms with Gasteiger partial charge < -0.3 is 10.2 Å². The van der Waals surface area contributed by atoms with E-state index in [2.05, 4.69) is 30.3 Å². The van der Waals surface area contributed by atoms with Crippen molar-refractivity contribution in [2.45, 2.75) is 45.6 Å². The van der Waals surface area contributed by atoms with Gasteiger partial charge in [-0.3, -0.25) is 0 Å². The van der Waals surface area contributed by atoms with Crippen LogP contribution in [0.5, 0.6) is 0 Å². The lowest BCUT2D eigenvalue weighted by Gasteiger charge is -2.30. The molecule has 0 radical (unpaired) electrons. The number of halogens is 1. The number of para-hydroxylation sites is 1. The fraction of sp³-hybridized carbons (Fsp3) is 0.647. The molecule has 0 aromatic heterocycles. The third-order valence-corrected chi connectivity index (χ3v) is 4.58. The number of hydrogen-bond acceptors (Lipinski definition) is 2. The van der Waals surface area contributed by atoms with Crippen molar-refractivity contribution in [2.24, 2.45) is 5.92 Å². The van der Waals surface area contributed by atoms with Crippen molar-refractivity contribution in [1.29, 1.82) is 0 Å². The van der Waals surface area contributed by atoms with E-state index < -0.39 is 0 Å². The molecular weight excluding hydrogens is 268 g/mol. The first-order chi connectivity index (χ1) is 9.72. The van der Waals surface area contributed by atoms with Crippen LogP contribution in [0, 0.1) is 5.92 Å². The van der Waals surface area contributed by atoms with Gasteiger partial charge in [0.1, 0.15) is 0 Å². The fourth-order valence-electron chi connectivity index (χ4n) is 3.24. The second-order valence-corrected chi connectivity index (χ2v) is 6.32. The van der Waals surface area contributed by atoms with Crippen molar-refractivity contribution < 1.29 is 0 Å². The molecule has 2 rings (SSSR count). The quantitative estimate of drug-likeness (QED) is 0.833. The topological polar surface area (TPSA) is 15.3 Å². The summed E-state index contributed by atoms with van der Waals surface area (Å²) in [5, 5.41) is 4.28. The third kappa shape index (κ3) is 4.13. The SMILES string of the molecule is CCNCc1cccc(Cl)c1N(C)CC1CCCCC1. The molecule has 20 heavy (non-hydrogen) atoms. The van der Waals surface area contributed by atoms with Crippen LogP contribution in [0.1, 0.15) is 44.6 Å². The molecule has 1 N–H and O–H groups in total. The molecule has 0 bridgehead atoms. The van der Waals surface area contributed by atoms with Gasteiger partial charge >= 0.3 is 0 Å². The molecule has 1 aromatic carbocycles. The van der Waals surface area contributed by atoms with E-state index in [4.69, 9.17) is 11.6 Å². The van der Waals surface area contributed by atoms with Crippen LogP contribution in [0.4, 0.5) is 5.69 Å². The predicted octanol–water partition coefficient (Wildman–Crippen LogP) is 4.47. The molecule has 2 nitrogen and oxygen atoms in total. The van der Waals surface area contributed by atoms with Gasteiger partial charge in [0, 0.05) is 20.1 Å². The lowest BCUT2D eigenvalue weighted by molar-refractivity contribution is 0.362. The van der Waals surface area contributed by atoms with Crippen LogP contribution in [0.3, 0.4) is 0 Å². The number of hydrogen-bond donors (Lipinski definition) is 1. The van der Waals surface area contributed by atoms with E-state index in [0.29, 0.717) is 0 Å². The standard InChI is InChI=1S/C17H27ClN2/c1-3-19-12-15-10-7-11-16(18)17(15)20(2)13-14-8-5-4-6-9-14/h7,10-11,14,19H,3-6,8-9,12-13H2,1-2H3. The lowest BCUT2D eigenvalue weighted by atomic mass is 9.89. The normalized spacial score (nSPS) is 16.4. The molecule has 1 fully saturated rings. The van der Waals surface area contributed by atoms with Gasteiger partial charge in [0.15, 0.2) is 0 Å². The minimum absolute atomic E-state index is 0.831. The maximum absolute atomic E-state index is 6.45. The molecule has 1 aromatic rings. The summed E-state index contributed by atoms with van der Waals surface area (Å²) in [5.41, 5.74) is 2.51. The molecule has 0 aliphatic heterocycles. The Balaban J connectivity index is 2.08. The summed E-state index contributed by atoms with van der Waals surface area (Å²) in [6, 6.07) is 6.23. The average molecular weight is 295 g/mol. The van der Waals surface area contributed by atoms with E-state index in [9.17, 15) is 0 Å². The Morgan fingerprint density at radius 3 is 2.70 bits per heavy atom. The Hall–Kier alpha value is -0.730. The van der Waals surface area contributed by atoms with Gasteiger partial charge in [-0.25, -0.2) is 0 Å². The van der Waals surface area contributed by atoms with Gasteiger partial charge in [-0.2, -0.15) is 0 Å². The summed E-state index contributed by atoms with van der Waals surface area (Å²) in [7, 11) is 2.19. The Bertz CT molecular complexity index is 413. The smallest absolute Gasteiger partial charge is 0.0642 e. The molecule has 3 heteroatoms. The molecule has 1 aliphatic rings. The van der Waals surface area contributed by atoms with E-state index in [1.165, 1.54) is 43.4 Å². The van der Waals surface area contributed by atoms with Crippen LogP contribution in [0.2, 0.25) is 5.02 Å². The Kier molecular flexibility index (Phi) is 6.18. The molecule has 112 valence electrons. The summed E-state index contributed by atoms with van der Waals surface area (Å²) >= 11 is 6.45. The highest BCUT2D eigenvalue weighted by atomic mass is 35.5. The zero-order chi connectivity index (χ0) is 14.4. The highest BCUT2D eigenvalue weighted by Crippen LogP contribution is 2.32. The second-order valence-electron chi connectivity index (χ2n) is 5.91. The van der Waals surface area contributed by atoms with E-state index in [1.54, 1.807) is 0 Å². The maximum Gasteiger partial charge on any atom is 0.0642 e. The van der Waals surface area contributed by atoms with E-state index >= 15 is 0 Å². The highest BCUT2D eigenvalue weighted by Gasteiger charge is 2.18. The van der Waals surface area contributed by atoms with Gasteiger partial charge in [0.25, 0.3) is 0 Å². The van der Waals surface area contributed by atoms with Crippen LogP contribution in [0.25, 0.3) is 0 Å². The number of nitrogens with one attached hydrogen (secondary N) is 1. The summed E-state index contributed by atoms with van der Waals surface area (Å²) in [6.45, 7) is 5.14. The zero-order valence-electron chi connectivity index (χ0n) is 12.8. The first-order valence-electron chi connectivity index (χ1n) is 7.91. The van der Waals surface area contributed by atoms with Gasteiger partial charge in [0.2, 0.25) is 0 Å². The van der Waals surface area contributed by atoms with Gasteiger partial charge in [0.05, 0.1) is 10.7 Å². The van der Waals surface area contributed by atoms with E-state index in [0.717, 1.165) is 30.6 Å². The summed E-state index contributed by atoms with van der Waals surface area (Å²) in [5.74, 6) is 0.831. The molecule has 0 spiro atoms. The van der Waals surface area contributed by atoms with Crippen LogP contribution in [-0.4, -0.2) is 20.1 Å². The molecule has 0 atom stereocenters. The van der Waals surface area contributed by atoms with Crippen LogP contribution < -0.4 is 10.2 Å². The minimum Gasteiger partial charge on any atom is -0.373 e. The van der Waals surface area contributed by atoms with Crippen molar-refractivity contribution >= 4 is 17.3 Å². The number of benzene rings is 1. The Morgan fingerprint density at radius 2 is 2.00 bits per heavy atom. The van der Waals surface area contributed by atoms with E-state index in [-0.39, 0.29) is 0 Å². The molecule has 1 saturated carbocycles. The largest absolute Gasteiger partial charge is 0.373 e. The zero-order valence-corrected chi connectivity index (χ0v) is 13.5. The molecule has 0 saturated heterocycles. The summed E-state index contributed by atoms with van der Waals surface area (Å²) in [4.78, 5) is 2.37. The molecule has 0 amide bonds.